The molecule has 19 heavy (non-hydrogen) atoms. The highest BCUT2D eigenvalue weighted by atomic mass is 15.5. The van der Waals surface area contributed by atoms with Gasteiger partial charge in [-0.05, 0) is 13.0 Å². The first-order chi connectivity index (χ1) is 9.11. The molecule has 0 saturated carbocycles. The number of likely N-dealkylation sites (N-methyl/N-ethyl adjacent to an activating group) is 1. The van der Waals surface area contributed by atoms with Gasteiger partial charge in [-0.25, -0.2) is 15.0 Å². The van der Waals surface area contributed by atoms with E-state index in [1.54, 1.807) is 6.33 Å². The fourth-order valence-electron chi connectivity index (χ4n) is 2.30. The number of rotatable bonds is 4. The summed E-state index contributed by atoms with van der Waals surface area (Å²) in [6.07, 6.45) is 1.61. The van der Waals surface area contributed by atoms with Crippen molar-refractivity contribution in [3.8, 4) is 0 Å². The minimum Gasteiger partial charge on any atom is -0.373 e. The van der Waals surface area contributed by atoms with Crippen LogP contribution in [-0.2, 0) is 0 Å². The molecule has 6 nitrogen and oxygen atoms in total. The lowest BCUT2D eigenvalue weighted by molar-refractivity contribution is 0.178. The summed E-state index contributed by atoms with van der Waals surface area (Å²) in [5.74, 6) is 2.19. The van der Waals surface area contributed by atoms with Gasteiger partial charge >= 0.3 is 0 Å². The second-order valence-electron chi connectivity index (χ2n) is 5.29. The maximum Gasteiger partial charge on any atom is 0.149 e. The number of nitrogens with one attached hydrogen (secondary N) is 2. The maximum absolute atomic E-state index is 4.40. The number of anilines is 2. The minimum atomic E-state index is 0.374. The molecule has 2 N–H and O–H groups in total. The fraction of sp³-hybridized carbons (Fsp3) is 0.692. The average molecular weight is 264 g/mol. The Hall–Kier alpha value is -1.40. The number of hydrogen-bond donors (Lipinski definition) is 2. The quantitative estimate of drug-likeness (QED) is 0.853. The predicted octanol–water partition coefficient (Wildman–Crippen LogP) is 1.22. The smallest absolute Gasteiger partial charge is 0.149 e. The van der Waals surface area contributed by atoms with Crippen LogP contribution in [0.2, 0.25) is 0 Å². The maximum atomic E-state index is 4.40. The summed E-state index contributed by atoms with van der Waals surface area (Å²) in [6, 6.07) is 0. The Morgan fingerprint density at radius 1 is 1.11 bits per heavy atom. The molecule has 0 aliphatic carbocycles. The van der Waals surface area contributed by atoms with Crippen LogP contribution in [0, 0.1) is 0 Å². The van der Waals surface area contributed by atoms with E-state index in [0.29, 0.717) is 5.92 Å². The lowest BCUT2D eigenvalue weighted by atomic mass is 10.0. The number of hydrazine groups is 1. The average Bonchev–Trinajstić information content (AvgIpc) is 2.40. The van der Waals surface area contributed by atoms with Crippen LogP contribution in [0.3, 0.4) is 0 Å². The van der Waals surface area contributed by atoms with Gasteiger partial charge in [0.25, 0.3) is 0 Å². The lowest BCUT2D eigenvalue weighted by Crippen LogP contribution is -2.47. The Morgan fingerprint density at radius 3 is 2.32 bits per heavy atom. The van der Waals surface area contributed by atoms with E-state index in [4.69, 9.17) is 0 Å². The van der Waals surface area contributed by atoms with Crippen molar-refractivity contribution in [1.29, 1.82) is 0 Å². The van der Waals surface area contributed by atoms with Crippen LogP contribution in [0.4, 0.5) is 11.6 Å². The Balaban J connectivity index is 2.15. The molecule has 1 aliphatic rings. The molecule has 0 radical (unpaired) electrons. The van der Waals surface area contributed by atoms with E-state index in [2.05, 4.69) is 51.5 Å². The molecular formula is C13H24N6. The van der Waals surface area contributed by atoms with Gasteiger partial charge < -0.3 is 15.6 Å². The summed E-state index contributed by atoms with van der Waals surface area (Å²) in [5, 5.41) is 5.37. The molecule has 1 saturated heterocycles. The fourth-order valence-corrected chi connectivity index (χ4v) is 2.30. The molecule has 0 atom stereocenters. The first kappa shape index (κ1) is 14.0. The van der Waals surface area contributed by atoms with Gasteiger partial charge in [-0.1, -0.05) is 13.8 Å². The molecule has 1 aromatic rings. The van der Waals surface area contributed by atoms with Gasteiger partial charge in [0.2, 0.25) is 0 Å². The molecule has 0 spiro atoms. The van der Waals surface area contributed by atoms with E-state index in [0.717, 1.165) is 43.4 Å². The topological polar surface area (TPSA) is 56.3 Å². The second-order valence-corrected chi connectivity index (χ2v) is 5.29. The van der Waals surface area contributed by atoms with Crippen molar-refractivity contribution in [3.05, 3.63) is 11.9 Å². The van der Waals surface area contributed by atoms with Gasteiger partial charge in [0.15, 0.2) is 0 Å². The number of nitrogens with zero attached hydrogens (tertiary/aromatic N) is 4. The van der Waals surface area contributed by atoms with Crippen molar-refractivity contribution >= 4 is 11.6 Å². The Kier molecular flexibility index (Phi) is 4.55. The van der Waals surface area contributed by atoms with Gasteiger partial charge in [-0.3, -0.25) is 0 Å². The van der Waals surface area contributed by atoms with E-state index in [1.807, 2.05) is 7.05 Å². The van der Waals surface area contributed by atoms with Gasteiger partial charge in [0.05, 0.1) is 0 Å². The minimum absolute atomic E-state index is 0.374. The molecule has 0 amide bonds. The van der Waals surface area contributed by atoms with E-state index >= 15 is 0 Å². The summed E-state index contributed by atoms with van der Waals surface area (Å²) < 4.78 is 0. The number of hydrogen-bond acceptors (Lipinski definition) is 6. The van der Waals surface area contributed by atoms with Crippen molar-refractivity contribution in [2.24, 2.45) is 0 Å². The van der Waals surface area contributed by atoms with Crippen LogP contribution in [0.5, 0.6) is 0 Å². The monoisotopic (exact) mass is 264 g/mol. The van der Waals surface area contributed by atoms with Gasteiger partial charge in [0, 0.05) is 38.8 Å². The van der Waals surface area contributed by atoms with Crippen LogP contribution in [-0.4, -0.2) is 60.2 Å². The number of aromatic nitrogens is 2. The van der Waals surface area contributed by atoms with Crippen LogP contribution in [0.15, 0.2) is 6.33 Å². The van der Waals surface area contributed by atoms with E-state index in [9.17, 15) is 0 Å². The standard InChI is InChI=1S/C13H24N6/c1-10(2)11-12(14-3)15-9-16-13(11)17-19-7-5-18(4)6-8-19/h9-10H,5-8H2,1-4H3,(H2,14,15,16,17). The highest BCUT2D eigenvalue weighted by Crippen LogP contribution is 2.28. The molecule has 0 bridgehead atoms. The normalized spacial score (nSPS) is 17.7. The molecular weight excluding hydrogens is 240 g/mol. The molecule has 1 aromatic heterocycles. The summed E-state index contributed by atoms with van der Waals surface area (Å²) in [5.41, 5.74) is 4.58. The van der Waals surface area contributed by atoms with Crippen LogP contribution in [0.1, 0.15) is 25.3 Å². The molecule has 1 fully saturated rings. The molecule has 0 aromatic carbocycles. The second kappa shape index (κ2) is 6.16. The molecule has 2 heterocycles. The third-order valence-corrected chi connectivity index (χ3v) is 3.47. The van der Waals surface area contributed by atoms with Gasteiger partial charge in [-0.15, -0.1) is 0 Å². The van der Waals surface area contributed by atoms with Gasteiger partial charge in [-0.2, -0.15) is 0 Å². The van der Waals surface area contributed by atoms with Crippen LogP contribution >= 0.6 is 0 Å². The molecule has 2 rings (SSSR count). The zero-order valence-electron chi connectivity index (χ0n) is 12.3. The Bertz CT molecular complexity index is 412. The Labute approximate surface area is 115 Å². The Morgan fingerprint density at radius 2 is 1.74 bits per heavy atom. The zero-order chi connectivity index (χ0) is 13.8. The highest BCUT2D eigenvalue weighted by Gasteiger charge is 2.18. The van der Waals surface area contributed by atoms with Crippen molar-refractivity contribution in [1.82, 2.24) is 19.9 Å². The summed E-state index contributed by atoms with van der Waals surface area (Å²) in [4.78, 5) is 11.0. The zero-order valence-corrected chi connectivity index (χ0v) is 12.3. The molecule has 106 valence electrons. The van der Waals surface area contributed by atoms with E-state index in [1.165, 1.54) is 0 Å². The van der Waals surface area contributed by atoms with Crippen molar-refractivity contribution in [2.45, 2.75) is 19.8 Å². The summed E-state index contributed by atoms with van der Waals surface area (Å²) >= 11 is 0. The predicted molar refractivity (Wildman–Crippen MR) is 78.4 cm³/mol. The SMILES string of the molecule is CNc1ncnc(NN2CCN(C)CC2)c1C(C)C. The van der Waals surface area contributed by atoms with Crippen LogP contribution in [0.25, 0.3) is 0 Å². The van der Waals surface area contributed by atoms with Crippen molar-refractivity contribution in [3.63, 3.8) is 0 Å². The first-order valence-corrected chi connectivity index (χ1v) is 6.84. The third-order valence-electron chi connectivity index (χ3n) is 3.47. The lowest BCUT2D eigenvalue weighted by Gasteiger charge is -2.33. The van der Waals surface area contributed by atoms with Crippen molar-refractivity contribution < 1.29 is 0 Å². The van der Waals surface area contributed by atoms with E-state index in [-0.39, 0.29) is 0 Å². The third kappa shape index (κ3) is 3.33. The summed E-state index contributed by atoms with van der Waals surface area (Å²) in [6.45, 7) is 8.49. The van der Waals surface area contributed by atoms with Crippen LogP contribution < -0.4 is 10.7 Å². The number of piperazine rings is 1. The summed E-state index contributed by atoms with van der Waals surface area (Å²) in [7, 11) is 4.05. The highest BCUT2D eigenvalue weighted by molar-refractivity contribution is 5.58. The molecule has 6 heteroatoms. The van der Waals surface area contributed by atoms with E-state index < -0.39 is 0 Å². The first-order valence-electron chi connectivity index (χ1n) is 6.84. The van der Waals surface area contributed by atoms with Gasteiger partial charge in [0.1, 0.15) is 18.0 Å². The molecule has 0 unspecified atom stereocenters. The molecule has 1 aliphatic heterocycles. The largest absolute Gasteiger partial charge is 0.373 e. The van der Waals surface area contributed by atoms with Crippen molar-refractivity contribution in [2.75, 3.05) is 51.0 Å².